The Hall–Kier alpha value is -3.37. The predicted octanol–water partition coefficient (Wildman–Crippen LogP) is 4.83. The van der Waals surface area contributed by atoms with Crippen LogP contribution in [0.25, 0.3) is 0 Å². The summed E-state index contributed by atoms with van der Waals surface area (Å²) >= 11 is 0. The van der Waals surface area contributed by atoms with Gasteiger partial charge in [-0.1, -0.05) is 38.5 Å². The molecule has 3 fully saturated rings. The predicted molar refractivity (Wildman–Crippen MR) is 230 cm³/mol. The Labute approximate surface area is 367 Å². The number of allylic oxidation sites excluding steroid dienone is 3. The van der Waals surface area contributed by atoms with E-state index in [1.165, 1.54) is 7.11 Å². The van der Waals surface area contributed by atoms with Crippen molar-refractivity contribution in [1.82, 2.24) is 9.88 Å². The number of aromatic nitrogens is 1. The van der Waals surface area contributed by atoms with Crippen LogP contribution in [0.3, 0.4) is 0 Å². The number of aryl methyl sites for hydroxylation is 1. The highest BCUT2D eigenvalue weighted by Crippen LogP contribution is 2.39. The SMILES string of the molecule is CO[C@H]1C[C@@H](C)[C@@]2(O)O[C@@H]1[C@@H](O)C[C@@H](C)C/C(C)=C/[C@@H](CCCc1ccncc1)C(=O)C[C@H](O)[C@@H](C)[C@@H](/C(C)=C/[C@@H]1CC[C@@H](O)[C@H](OC)C1)OC(=O)[C@@H]1CCCCN1C(=O)C2=O. The second kappa shape index (κ2) is 22.5. The average molecular weight is 869 g/mol. The number of carbonyl (C=O) groups excluding carboxylic acids is 4. The Morgan fingerprint density at radius 1 is 0.919 bits per heavy atom. The van der Waals surface area contributed by atoms with Crippen molar-refractivity contribution in [1.29, 1.82) is 0 Å². The third-order valence-electron chi connectivity index (χ3n) is 13.9. The van der Waals surface area contributed by atoms with Crippen molar-refractivity contribution in [3.8, 4) is 0 Å². The zero-order valence-corrected chi connectivity index (χ0v) is 37.8. The lowest BCUT2D eigenvalue weighted by Crippen LogP contribution is -2.64. The molecule has 0 spiro atoms. The first kappa shape index (κ1) is 49.6. The van der Waals surface area contributed by atoms with Crippen molar-refractivity contribution < 1.29 is 58.6 Å². The van der Waals surface area contributed by atoms with Crippen LogP contribution in [-0.4, -0.2) is 129 Å². The second-order valence-corrected chi connectivity index (χ2v) is 18.8. The van der Waals surface area contributed by atoms with E-state index in [2.05, 4.69) is 4.98 Å². The number of ketones is 2. The van der Waals surface area contributed by atoms with Crippen LogP contribution in [0.5, 0.6) is 0 Å². The summed E-state index contributed by atoms with van der Waals surface area (Å²) in [6.45, 7) is 9.11. The van der Waals surface area contributed by atoms with Gasteiger partial charge in [0.1, 0.15) is 24.0 Å². The summed E-state index contributed by atoms with van der Waals surface area (Å²) < 4.78 is 23.7. The molecule has 346 valence electrons. The van der Waals surface area contributed by atoms with E-state index in [1.54, 1.807) is 33.4 Å². The first-order chi connectivity index (χ1) is 29.5. The highest BCUT2D eigenvalue weighted by molar-refractivity contribution is 6.39. The number of amides is 1. The van der Waals surface area contributed by atoms with Gasteiger partial charge in [0.2, 0.25) is 5.79 Å². The molecule has 2 saturated heterocycles. The Balaban J connectivity index is 1.52. The molecule has 4 aliphatic rings. The first-order valence-corrected chi connectivity index (χ1v) is 22.8. The molecule has 1 amide bonds. The number of rotatable bonds is 8. The van der Waals surface area contributed by atoms with Crippen LogP contribution >= 0.6 is 0 Å². The van der Waals surface area contributed by atoms with Gasteiger partial charge in [-0.15, -0.1) is 0 Å². The fourth-order valence-electron chi connectivity index (χ4n) is 10.2. The minimum absolute atomic E-state index is 0.0258. The van der Waals surface area contributed by atoms with E-state index in [9.17, 15) is 39.6 Å². The van der Waals surface area contributed by atoms with Crippen molar-refractivity contribution in [2.75, 3.05) is 20.8 Å². The molecule has 5 rings (SSSR count). The fraction of sp³-hybridized carbons (Fsp3) is 0.729. The maximum absolute atomic E-state index is 14.4. The molecule has 1 aliphatic carbocycles. The van der Waals surface area contributed by atoms with E-state index in [1.807, 2.05) is 45.1 Å². The molecular weight excluding hydrogens is 797 g/mol. The monoisotopic (exact) mass is 869 g/mol. The highest BCUT2D eigenvalue weighted by atomic mass is 16.7. The normalized spacial score (nSPS) is 38.6. The molecule has 62 heavy (non-hydrogen) atoms. The lowest BCUT2D eigenvalue weighted by Gasteiger charge is -2.46. The van der Waals surface area contributed by atoms with Gasteiger partial charge in [-0.25, -0.2) is 4.79 Å². The van der Waals surface area contributed by atoms with Gasteiger partial charge in [0, 0.05) is 57.3 Å². The summed E-state index contributed by atoms with van der Waals surface area (Å²) in [7, 11) is 3.03. The van der Waals surface area contributed by atoms with E-state index in [4.69, 9.17) is 18.9 Å². The van der Waals surface area contributed by atoms with Crippen LogP contribution in [-0.2, 0) is 44.5 Å². The number of methoxy groups -OCH3 is 2. The number of hydrogen-bond acceptors (Lipinski definition) is 13. The van der Waals surface area contributed by atoms with Gasteiger partial charge in [0.25, 0.3) is 11.7 Å². The molecule has 4 N–H and O–H groups in total. The summed E-state index contributed by atoms with van der Waals surface area (Å²) in [6.07, 6.45) is 6.85. The largest absolute Gasteiger partial charge is 0.456 e. The molecule has 1 saturated carbocycles. The Bertz CT molecular complexity index is 1740. The molecule has 1 aromatic heterocycles. The summed E-state index contributed by atoms with van der Waals surface area (Å²) in [5.41, 5.74) is 2.67. The minimum Gasteiger partial charge on any atom is -0.456 e. The summed E-state index contributed by atoms with van der Waals surface area (Å²) in [5, 5.41) is 46.0. The minimum atomic E-state index is -2.60. The number of Topliss-reactive ketones (excluding diaryl/α,β-unsaturated/α-hetero) is 2. The zero-order chi connectivity index (χ0) is 45.3. The molecule has 4 heterocycles. The van der Waals surface area contributed by atoms with E-state index < -0.39 is 83.9 Å². The number of pyridine rings is 1. The van der Waals surface area contributed by atoms with Gasteiger partial charge in [0.15, 0.2) is 0 Å². The molecular formula is C48H72N2O12. The number of aliphatic hydroxyl groups excluding tert-OH is 3. The van der Waals surface area contributed by atoms with Crippen molar-refractivity contribution in [2.24, 2.45) is 29.6 Å². The van der Waals surface area contributed by atoms with Crippen LogP contribution in [0.2, 0.25) is 0 Å². The molecule has 0 unspecified atom stereocenters. The van der Waals surface area contributed by atoms with Gasteiger partial charge < -0.3 is 44.3 Å². The number of ether oxygens (including phenoxy) is 4. The molecule has 3 aliphatic heterocycles. The zero-order valence-electron chi connectivity index (χ0n) is 37.8. The van der Waals surface area contributed by atoms with Gasteiger partial charge in [-0.2, -0.15) is 0 Å². The topological polar surface area (TPSA) is 202 Å². The number of carbonyl (C=O) groups is 4. The second-order valence-electron chi connectivity index (χ2n) is 18.8. The third kappa shape index (κ3) is 12.2. The summed E-state index contributed by atoms with van der Waals surface area (Å²) in [4.78, 5) is 62.4. The molecule has 14 nitrogen and oxygen atoms in total. The van der Waals surface area contributed by atoms with E-state index in [0.717, 1.165) is 22.5 Å². The molecule has 14 atom stereocenters. The van der Waals surface area contributed by atoms with Crippen LogP contribution in [0.4, 0.5) is 0 Å². The van der Waals surface area contributed by atoms with Gasteiger partial charge >= 0.3 is 5.97 Å². The third-order valence-corrected chi connectivity index (χ3v) is 13.9. The fourth-order valence-corrected chi connectivity index (χ4v) is 10.2. The lowest BCUT2D eigenvalue weighted by atomic mass is 9.81. The van der Waals surface area contributed by atoms with E-state index in [-0.39, 0.29) is 56.0 Å². The molecule has 14 heteroatoms. The Morgan fingerprint density at radius 3 is 2.32 bits per heavy atom. The maximum Gasteiger partial charge on any atom is 0.329 e. The Kier molecular flexibility index (Phi) is 18.0. The maximum atomic E-state index is 14.4. The van der Waals surface area contributed by atoms with Gasteiger partial charge in [0.05, 0.1) is 30.5 Å². The molecule has 1 aromatic rings. The van der Waals surface area contributed by atoms with Crippen molar-refractivity contribution >= 4 is 23.4 Å². The van der Waals surface area contributed by atoms with Crippen molar-refractivity contribution in [3.05, 3.63) is 53.4 Å². The Morgan fingerprint density at radius 2 is 1.63 bits per heavy atom. The van der Waals surface area contributed by atoms with Crippen LogP contribution in [0.1, 0.15) is 117 Å². The standard InChI is InChI=1S/C48H72N2O12/c1-28-21-29(2)23-40(54)44-42(60-7)25-31(4)48(58,62-44)45(55)46(56)50-20-9-8-13-36(50)47(57)61-43(30(3)24-34-14-15-37(51)41(26-34)59-6)32(5)38(52)27-39(53)35(22-28)12-10-11-33-16-18-49-19-17-33/h16-19,22,24,29,31-32,34-38,40-44,51-52,54,58H,8-15,20-21,23,25-27H2,1-7H3/b28-22+,30-24+/t29-,31+,32+,34-,35+,36-,37+,38-,40-,41+,42-,43+,44+,48+/m0/s1. The van der Waals surface area contributed by atoms with Crippen molar-refractivity contribution in [3.63, 3.8) is 0 Å². The van der Waals surface area contributed by atoms with E-state index >= 15 is 0 Å². The van der Waals surface area contributed by atoms with Gasteiger partial charge in [-0.3, -0.25) is 19.4 Å². The molecule has 2 bridgehead atoms. The molecule has 0 aromatic carbocycles. The summed E-state index contributed by atoms with van der Waals surface area (Å²) in [6, 6.07) is 2.72. The highest BCUT2D eigenvalue weighted by Gasteiger charge is 2.56. The number of aliphatic hydroxyl groups is 4. The lowest BCUT2D eigenvalue weighted by molar-refractivity contribution is -0.301. The van der Waals surface area contributed by atoms with Crippen LogP contribution < -0.4 is 0 Å². The van der Waals surface area contributed by atoms with Crippen LogP contribution in [0.15, 0.2) is 47.8 Å². The number of fused-ring (bicyclic) bond motifs is 3. The number of nitrogens with zero attached hydrogens (tertiary/aromatic N) is 2. The molecule has 0 radical (unpaired) electrons. The average Bonchev–Trinajstić information content (AvgIpc) is 3.25. The van der Waals surface area contributed by atoms with Crippen molar-refractivity contribution in [2.45, 2.75) is 173 Å². The summed E-state index contributed by atoms with van der Waals surface area (Å²) in [5.74, 6) is -8.17. The number of hydrogen-bond donors (Lipinski definition) is 4. The number of cyclic esters (lactones) is 1. The van der Waals surface area contributed by atoms with E-state index in [0.29, 0.717) is 56.9 Å². The van der Waals surface area contributed by atoms with Crippen LogP contribution in [0, 0.1) is 29.6 Å². The van der Waals surface area contributed by atoms with Gasteiger partial charge in [-0.05, 0) is 126 Å². The number of piperidine rings is 1. The quantitative estimate of drug-likeness (QED) is 0.158. The number of esters is 1. The smallest absolute Gasteiger partial charge is 0.329 e. The first-order valence-electron chi connectivity index (χ1n) is 22.8.